The molecule has 0 bridgehead atoms. The topological polar surface area (TPSA) is 67.6 Å². The Hall–Kier alpha value is -0.650. The van der Waals surface area contributed by atoms with Gasteiger partial charge in [-0.05, 0) is 34.0 Å². The highest BCUT2D eigenvalue weighted by Gasteiger charge is 2.15. The minimum Gasteiger partial charge on any atom is -0.383 e. The molecule has 0 spiro atoms. The number of ether oxygens (including phenoxy) is 1. The lowest BCUT2D eigenvalue weighted by Gasteiger charge is -2.18. The summed E-state index contributed by atoms with van der Waals surface area (Å²) in [4.78, 5) is 13.5. The first-order valence-electron chi connectivity index (χ1n) is 5.17. The van der Waals surface area contributed by atoms with E-state index in [0.29, 0.717) is 0 Å². The number of hydrogen-bond acceptors (Lipinski definition) is 4. The van der Waals surface area contributed by atoms with Gasteiger partial charge in [-0.2, -0.15) is 0 Å². The lowest BCUT2D eigenvalue weighted by molar-refractivity contribution is -0.124. The molecule has 0 rings (SSSR count). The van der Waals surface area contributed by atoms with Crippen molar-refractivity contribution in [2.24, 2.45) is 5.73 Å². The Kier molecular flexibility index (Phi) is 7.29. The number of nitrogens with two attached hydrogens (primary N) is 1. The lowest BCUT2D eigenvalue weighted by Crippen LogP contribution is -2.47. The average Bonchev–Trinajstić information content (AvgIpc) is 2.15. The van der Waals surface area contributed by atoms with Crippen molar-refractivity contribution in [3.8, 4) is 0 Å². The molecule has 0 radical (unpaired) electrons. The minimum absolute atomic E-state index is 0.141. The Balaban J connectivity index is 3.75. The first kappa shape index (κ1) is 14.3. The summed E-state index contributed by atoms with van der Waals surface area (Å²) in [5.74, 6) is -0.150. The maximum Gasteiger partial charge on any atom is 0.239 e. The van der Waals surface area contributed by atoms with E-state index >= 15 is 0 Å². The van der Waals surface area contributed by atoms with E-state index in [9.17, 15) is 4.79 Å². The molecular weight excluding hydrogens is 194 g/mol. The zero-order chi connectivity index (χ0) is 11.8. The third-order valence-electron chi connectivity index (χ3n) is 2.08. The number of carbonyl (C=O) groups is 1. The number of carbonyl (C=O) groups excluding carboxylic acids is 1. The number of nitrogens with zero attached hydrogens (tertiary/aromatic N) is 1. The van der Waals surface area contributed by atoms with Crippen molar-refractivity contribution in [1.82, 2.24) is 10.2 Å². The summed E-state index contributed by atoms with van der Waals surface area (Å²) < 4.78 is 4.81. The number of rotatable bonds is 7. The van der Waals surface area contributed by atoms with Crippen LogP contribution in [-0.2, 0) is 9.53 Å². The molecule has 1 amide bonds. The number of nitrogens with one attached hydrogen (secondary N) is 1. The Morgan fingerprint density at radius 2 is 2.13 bits per heavy atom. The fourth-order valence-electron chi connectivity index (χ4n) is 1.13. The molecule has 2 unspecified atom stereocenters. The first-order chi connectivity index (χ1) is 6.97. The van der Waals surface area contributed by atoms with Gasteiger partial charge in [-0.1, -0.05) is 0 Å². The van der Waals surface area contributed by atoms with E-state index in [1.165, 1.54) is 7.11 Å². The Labute approximate surface area is 91.9 Å². The highest BCUT2D eigenvalue weighted by atomic mass is 16.5. The molecule has 2 atom stereocenters. The van der Waals surface area contributed by atoms with Crippen molar-refractivity contribution >= 4 is 5.91 Å². The van der Waals surface area contributed by atoms with Crippen LogP contribution in [0.2, 0.25) is 0 Å². The molecule has 0 aliphatic rings. The van der Waals surface area contributed by atoms with E-state index in [4.69, 9.17) is 10.5 Å². The maximum absolute atomic E-state index is 11.5. The Bertz CT molecular complexity index is 186. The molecular formula is C10H23N3O2. The Morgan fingerprint density at radius 3 is 2.60 bits per heavy atom. The minimum atomic E-state index is -0.572. The average molecular weight is 217 g/mol. The van der Waals surface area contributed by atoms with E-state index in [1.807, 2.05) is 21.0 Å². The van der Waals surface area contributed by atoms with Gasteiger partial charge in [0.1, 0.15) is 6.04 Å². The molecule has 0 aliphatic heterocycles. The third-order valence-corrected chi connectivity index (χ3v) is 2.08. The second-order valence-corrected chi connectivity index (χ2v) is 4.06. The predicted molar refractivity (Wildman–Crippen MR) is 60.6 cm³/mol. The molecule has 0 saturated carbocycles. The molecule has 0 heterocycles. The predicted octanol–water partition coefficient (Wildman–Crippen LogP) is -0.583. The Morgan fingerprint density at radius 1 is 1.53 bits per heavy atom. The molecule has 0 aliphatic carbocycles. The summed E-state index contributed by atoms with van der Waals surface area (Å²) >= 11 is 0. The lowest BCUT2D eigenvalue weighted by atomic mass is 10.2. The van der Waals surface area contributed by atoms with E-state index in [0.717, 1.165) is 13.0 Å². The van der Waals surface area contributed by atoms with Gasteiger partial charge in [0.2, 0.25) is 5.91 Å². The van der Waals surface area contributed by atoms with Crippen molar-refractivity contribution in [2.45, 2.75) is 25.4 Å². The summed E-state index contributed by atoms with van der Waals surface area (Å²) in [6.45, 7) is 3.17. The molecule has 3 N–H and O–H groups in total. The van der Waals surface area contributed by atoms with Crippen molar-refractivity contribution in [3.63, 3.8) is 0 Å². The fraction of sp³-hybridized carbons (Fsp3) is 0.900. The van der Waals surface area contributed by atoms with Crippen LogP contribution in [0, 0.1) is 0 Å². The van der Waals surface area contributed by atoms with Gasteiger partial charge in [-0.15, -0.1) is 0 Å². The van der Waals surface area contributed by atoms with Gasteiger partial charge in [0.25, 0.3) is 0 Å². The smallest absolute Gasteiger partial charge is 0.239 e. The van der Waals surface area contributed by atoms with E-state index < -0.39 is 6.04 Å². The van der Waals surface area contributed by atoms with Crippen LogP contribution in [0.25, 0.3) is 0 Å². The van der Waals surface area contributed by atoms with Crippen LogP contribution in [0.5, 0.6) is 0 Å². The van der Waals surface area contributed by atoms with Gasteiger partial charge < -0.3 is 20.7 Å². The van der Waals surface area contributed by atoms with Crippen LogP contribution in [0.4, 0.5) is 0 Å². The molecule has 0 saturated heterocycles. The molecule has 90 valence electrons. The molecule has 0 aromatic carbocycles. The van der Waals surface area contributed by atoms with Gasteiger partial charge in [-0.25, -0.2) is 0 Å². The van der Waals surface area contributed by atoms with Gasteiger partial charge >= 0.3 is 0 Å². The maximum atomic E-state index is 11.5. The SMILES string of the molecule is COCC(N)C(=O)NC(C)CCN(C)C. The quantitative estimate of drug-likeness (QED) is 0.598. The third kappa shape index (κ3) is 7.30. The van der Waals surface area contributed by atoms with Crippen LogP contribution >= 0.6 is 0 Å². The van der Waals surface area contributed by atoms with E-state index in [1.54, 1.807) is 0 Å². The standard InChI is InChI=1S/C10H23N3O2/c1-8(5-6-13(2)3)12-10(14)9(11)7-15-4/h8-9H,5-7,11H2,1-4H3,(H,12,14). The molecule has 15 heavy (non-hydrogen) atoms. The van der Waals surface area contributed by atoms with Gasteiger partial charge in [0, 0.05) is 13.2 Å². The monoisotopic (exact) mass is 217 g/mol. The number of hydrogen-bond donors (Lipinski definition) is 2. The van der Waals surface area contributed by atoms with Gasteiger partial charge in [-0.3, -0.25) is 4.79 Å². The summed E-state index contributed by atoms with van der Waals surface area (Å²) in [5, 5.41) is 2.85. The van der Waals surface area contributed by atoms with Gasteiger partial charge in [0.05, 0.1) is 6.61 Å². The highest BCUT2D eigenvalue weighted by molar-refractivity contribution is 5.81. The van der Waals surface area contributed by atoms with E-state index in [-0.39, 0.29) is 18.6 Å². The van der Waals surface area contributed by atoms with Crippen molar-refractivity contribution in [2.75, 3.05) is 34.4 Å². The van der Waals surface area contributed by atoms with Crippen molar-refractivity contribution in [1.29, 1.82) is 0 Å². The van der Waals surface area contributed by atoms with Crippen LogP contribution in [-0.4, -0.2) is 57.2 Å². The summed E-state index contributed by atoms with van der Waals surface area (Å²) in [5.41, 5.74) is 5.58. The van der Waals surface area contributed by atoms with Crippen LogP contribution < -0.4 is 11.1 Å². The normalized spacial score (nSPS) is 15.1. The van der Waals surface area contributed by atoms with Crippen molar-refractivity contribution < 1.29 is 9.53 Å². The van der Waals surface area contributed by atoms with Crippen molar-refractivity contribution in [3.05, 3.63) is 0 Å². The molecule has 0 aromatic heterocycles. The van der Waals surface area contributed by atoms with Gasteiger partial charge in [0.15, 0.2) is 0 Å². The number of methoxy groups -OCH3 is 1. The van der Waals surface area contributed by atoms with Crippen LogP contribution in [0.1, 0.15) is 13.3 Å². The number of amides is 1. The molecule has 0 fully saturated rings. The second kappa shape index (κ2) is 7.62. The van der Waals surface area contributed by atoms with E-state index in [2.05, 4.69) is 10.2 Å². The second-order valence-electron chi connectivity index (χ2n) is 4.06. The fourth-order valence-corrected chi connectivity index (χ4v) is 1.13. The summed E-state index contributed by atoms with van der Waals surface area (Å²) in [6, 6.07) is -0.431. The molecule has 0 aromatic rings. The zero-order valence-electron chi connectivity index (χ0n) is 10.1. The van der Waals surface area contributed by atoms with Crippen LogP contribution in [0.3, 0.4) is 0 Å². The zero-order valence-corrected chi connectivity index (χ0v) is 10.1. The summed E-state index contributed by atoms with van der Waals surface area (Å²) in [7, 11) is 5.54. The summed E-state index contributed by atoms with van der Waals surface area (Å²) in [6.07, 6.45) is 0.915. The first-order valence-corrected chi connectivity index (χ1v) is 5.17. The largest absolute Gasteiger partial charge is 0.383 e. The van der Waals surface area contributed by atoms with Crippen LogP contribution in [0.15, 0.2) is 0 Å². The molecule has 5 heteroatoms. The molecule has 5 nitrogen and oxygen atoms in total. The highest BCUT2D eigenvalue weighted by Crippen LogP contribution is 1.93.